The average molecular weight is 585 g/mol. The zero-order valence-electron chi connectivity index (χ0n) is 25.1. The van der Waals surface area contributed by atoms with Gasteiger partial charge in [-0.3, -0.25) is 4.79 Å². The summed E-state index contributed by atoms with van der Waals surface area (Å²) in [5, 5.41) is 12.1. The molecule has 9 rings (SSSR count). The minimum absolute atomic E-state index is 0.694. The van der Waals surface area contributed by atoms with Crippen molar-refractivity contribution in [3.63, 3.8) is 0 Å². The van der Waals surface area contributed by atoms with Crippen LogP contribution in [0.15, 0.2) is 164 Å². The molecule has 0 saturated carbocycles. The summed E-state index contributed by atoms with van der Waals surface area (Å²) in [6.45, 7) is 0. The predicted molar refractivity (Wildman–Crippen MR) is 196 cm³/mol. The predicted octanol–water partition coefficient (Wildman–Crippen LogP) is 12.3. The van der Waals surface area contributed by atoms with Gasteiger partial charge in [0.15, 0.2) is 0 Å². The molecule has 0 spiro atoms. The van der Waals surface area contributed by atoms with Crippen molar-refractivity contribution in [1.29, 1.82) is 0 Å². The van der Waals surface area contributed by atoms with Crippen molar-refractivity contribution >= 4 is 60.1 Å². The summed E-state index contributed by atoms with van der Waals surface area (Å²) in [6.07, 6.45) is 0.905. The summed E-state index contributed by atoms with van der Waals surface area (Å²) >= 11 is 0. The average Bonchev–Trinajstić information content (AvgIpc) is 3.12. The second-order valence-electron chi connectivity index (χ2n) is 12.1. The van der Waals surface area contributed by atoms with Crippen LogP contribution in [0.5, 0.6) is 0 Å². The van der Waals surface area contributed by atoms with Crippen molar-refractivity contribution in [1.82, 2.24) is 0 Å². The Morgan fingerprint density at radius 2 is 0.717 bits per heavy atom. The fourth-order valence-corrected chi connectivity index (χ4v) is 7.19. The quantitative estimate of drug-likeness (QED) is 0.149. The van der Waals surface area contributed by atoms with Gasteiger partial charge in [0.1, 0.15) is 6.29 Å². The van der Waals surface area contributed by atoms with Crippen LogP contribution in [-0.2, 0) is 0 Å². The molecule has 0 atom stereocenters. The summed E-state index contributed by atoms with van der Waals surface area (Å²) in [5.74, 6) is 0. The number of hydrogen-bond acceptors (Lipinski definition) is 1. The molecule has 214 valence electrons. The molecule has 0 aliphatic heterocycles. The standard InChI is InChI=1S/C45H28O/c46-28-29-13-14-35-24-36(18-17-34(35)23-29)37-21-22-42-43(27-37)45(39-20-16-31-8-2-4-10-33(31)26-39)41-12-6-5-11-40(41)44(42)38-19-15-30-7-1-3-9-32(30)25-38/h1-28H. The fraction of sp³-hybridized carbons (Fsp3) is 0. The van der Waals surface area contributed by atoms with Crippen LogP contribution in [0.25, 0.3) is 87.2 Å². The van der Waals surface area contributed by atoms with Crippen molar-refractivity contribution in [3.8, 4) is 33.4 Å². The molecule has 0 heterocycles. The third kappa shape index (κ3) is 4.29. The van der Waals surface area contributed by atoms with Crippen LogP contribution < -0.4 is 0 Å². The number of benzene rings is 9. The Hall–Kier alpha value is -6.05. The lowest BCUT2D eigenvalue weighted by atomic mass is 9.84. The maximum atomic E-state index is 11.4. The number of aldehydes is 1. The van der Waals surface area contributed by atoms with E-state index in [0.29, 0.717) is 5.56 Å². The van der Waals surface area contributed by atoms with Crippen molar-refractivity contribution in [2.45, 2.75) is 0 Å². The third-order valence-electron chi connectivity index (χ3n) is 9.43. The molecule has 0 aliphatic carbocycles. The first-order chi connectivity index (χ1) is 22.7. The third-order valence-corrected chi connectivity index (χ3v) is 9.43. The van der Waals surface area contributed by atoms with Gasteiger partial charge in [0.25, 0.3) is 0 Å². The minimum Gasteiger partial charge on any atom is -0.298 e. The summed E-state index contributed by atoms with van der Waals surface area (Å²) in [7, 11) is 0. The molecule has 0 saturated heterocycles. The Balaban J connectivity index is 1.37. The van der Waals surface area contributed by atoms with Crippen LogP contribution in [0.1, 0.15) is 10.4 Å². The van der Waals surface area contributed by atoms with Crippen molar-refractivity contribution < 1.29 is 4.79 Å². The molecule has 0 amide bonds. The lowest BCUT2D eigenvalue weighted by Gasteiger charge is -2.19. The fourth-order valence-electron chi connectivity index (χ4n) is 7.19. The molecule has 9 aromatic carbocycles. The molecule has 46 heavy (non-hydrogen) atoms. The molecule has 1 heteroatoms. The number of hydrogen-bond donors (Lipinski definition) is 0. The van der Waals surface area contributed by atoms with Gasteiger partial charge in [-0.15, -0.1) is 0 Å². The van der Waals surface area contributed by atoms with Gasteiger partial charge in [0, 0.05) is 5.56 Å². The van der Waals surface area contributed by atoms with Crippen molar-refractivity contribution in [2.24, 2.45) is 0 Å². The van der Waals surface area contributed by atoms with Crippen LogP contribution >= 0.6 is 0 Å². The van der Waals surface area contributed by atoms with E-state index in [9.17, 15) is 4.79 Å². The molecule has 0 bridgehead atoms. The van der Waals surface area contributed by atoms with Gasteiger partial charge >= 0.3 is 0 Å². The monoisotopic (exact) mass is 584 g/mol. The van der Waals surface area contributed by atoms with Gasteiger partial charge in [0.05, 0.1) is 0 Å². The van der Waals surface area contributed by atoms with Crippen LogP contribution in [0, 0.1) is 0 Å². The molecule has 0 N–H and O–H groups in total. The Morgan fingerprint density at radius 3 is 1.37 bits per heavy atom. The first-order valence-corrected chi connectivity index (χ1v) is 15.7. The molecule has 9 aromatic rings. The molecule has 0 fully saturated rings. The largest absolute Gasteiger partial charge is 0.298 e. The van der Waals surface area contributed by atoms with E-state index >= 15 is 0 Å². The van der Waals surface area contributed by atoms with Gasteiger partial charge < -0.3 is 0 Å². The Bertz CT molecular complexity index is 2660. The Morgan fingerprint density at radius 1 is 0.304 bits per heavy atom. The van der Waals surface area contributed by atoms with E-state index in [2.05, 4.69) is 146 Å². The zero-order chi connectivity index (χ0) is 30.6. The second-order valence-corrected chi connectivity index (χ2v) is 12.1. The topological polar surface area (TPSA) is 17.1 Å². The van der Waals surface area contributed by atoms with Gasteiger partial charge in [0.2, 0.25) is 0 Å². The molecule has 0 aromatic heterocycles. The molecule has 0 unspecified atom stereocenters. The highest BCUT2D eigenvalue weighted by atomic mass is 16.1. The van der Waals surface area contributed by atoms with Crippen molar-refractivity contribution in [2.75, 3.05) is 0 Å². The van der Waals surface area contributed by atoms with Gasteiger partial charge in [-0.25, -0.2) is 0 Å². The smallest absolute Gasteiger partial charge is 0.150 e. The highest BCUT2D eigenvalue weighted by molar-refractivity contribution is 6.22. The first kappa shape index (κ1) is 26.4. The summed E-state index contributed by atoms with van der Waals surface area (Å²) in [6, 6.07) is 59.0. The van der Waals surface area contributed by atoms with E-state index in [1.54, 1.807) is 0 Å². The maximum Gasteiger partial charge on any atom is 0.150 e. The van der Waals surface area contributed by atoms with Crippen LogP contribution in [0.4, 0.5) is 0 Å². The maximum absolute atomic E-state index is 11.4. The molecule has 0 aliphatic rings. The van der Waals surface area contributed by atoms with E-state index in [-0.39, 0.29) is 0 Å². The molecule has 0 radical (unpaired) electrons. The second kappa shape index (κ2) is 10.5. The van der Waals surface area contributed by atoms with Crippen LogP contribution in [-0.4, -0.2) is 6.29 Å². The van der Waals surface area contributed by atoms with E-state index < -0.39 is 0 Å². The summed E-state index contributed by atoms with van der Waals surface area (Å²) in [4.78, 5) is 11.4. The zero-order valence-corrected chi connectivity index (χ0v) is 25.1. The van der Waals surface area contributed by atoms with Gasteiger partial charge in [-0.2, -0.15) is 0 Å². The summed E-state index contributed by atoms with van der Waals surface area (Å²) < 4.78 is 0. The first-order valence-electron chi connectivity index (χ1n) is 15.7. The SMILES string of the molecule is O=Cc1ccc2cc(-c3ccc4c(-c5ccc6ccccc6c5)c5ccccc5c(-c5ccc6ccccc6c5)c4c3)ccc2c1. The Kier molecular flexibility index (Phi) is 6.04. The van der Waals surface area contributed by atoms with E-state index in [4.69, 9.17) is 0 Å². The highest BCUT2D eigenvalue weighted by Crippen LogP contribution is 2.45. The number of fused-ring (bicyclic) bond motifs is 5. The number of rotatable bonds is 4. The Labute approximate surface area is 267 Å². The van der Waals surface area contributed by atoms with E-state index in [1.807, 2.05) is 18.2 Å². The van der Waals surface area contributed by atoms with Gasteiger partial charge in [-0.1, -0.05) is 133 Å². The van der Waals surface area contributed by atoms with E-state index in [1.165, 1.54) is 65.3 Å². The molecule has 1 nitrogen and oxygen atoms in total. The van der Waals surface area contributed by atoms with E-state index in [0.717, 1.165) is 28.2 Å². The normalized spacial score (nSPS) is 11.6. The minimum atomic E-state index is 0.694. The number of carbonyl (C=O) groups excluding carboxylic acids is 1. The molecular formula is C45H28O. The van der Waals surface area contributed by atoms with Gasteiger partial charge in [-0.05, 0) is 118 Å². The van der Waals surface area contributed by atoms with Crippen molar-refractivity contribution in [3.05, 3.63) is 169 Å². The lowest BCUT2D eigenvalue weighted by Crippen LogP contribution is -1.92. The summed E-state index contributed by atoms with van der Waals surface area (Å²) in [5.41, 5.74) is 7.94. The van der Waals surface area contributed by atoms with Crippen LogP contribution in [0.3, 0.4) is 0 Å². The number of carbonyl (C=O) groups is 1. The lowest BCUT2D eigenvalue weighted by molar-refractivity contribution is 0.112. The molecular weight excluding hydrogens is 556 g/mol. The highest BCUT2D eigenvalue weighted by Gasteiger charge is 2.18. The van der Waals surface area contributed by atoms with Crippen LogP contribution in [0.2, 0.25) is 0 Å².